The number of hydrogen-bond acceptors (Lipinski definition) is 2. The zero-order valence-electron chi connectivity index (χ0n) is 13.1. The summed E-state index contributed by atoms with van der Waals surface area (Å²) in [4.78, 5) is 23.5. The molecule has 0 saturated heterocycles. The second kappa shape index (κ2) is 8.13. The first kappa shape index (κ1) is 16.7. The number of benzene rings is 2. The molecule has 0 aromatic heterocycles. The number of carbonyl (C=O) groups is 2. The topological polar surface area (TPSA) is 66.4 Å². The highest BCUT2D eigenvalue weighted by Gasteiger charge is 2.21. The van der Waals surface area contributed by atoms with Gasteiger partial charge in [0.05, 0.1) is 0 Å². The lowest BCUT2D eigenvalue weighted by atomic mass is 9.96. The quantitative estimate of drug-likeness (QED) is 0.822. The normalized spacial score (nSPS) is 13.1. The van der Waals surface area contributed by atoms with Crippen molar-refractivity contribution < 1.29 is 14.7 Å². The molecule has 0 aliphatic rings. The molecule has 2 aromatic rings. The van der Waals surface area contributed by atoms with Crippen molar-refractivity contribution in [3.05, 3.63) is 71.8 Å². The molecular weight excluding hydrogens is 290 g/mol. The summed E-state index contributed by atoms with van der Waals surface area (Å²) in [6.07, 6.45) is 0.976. The molecule has 1 amide bonds. The largest absolute Gasteiger partial charge is 0.479 e. The minimum atomic E-state index is -1.05. The smallest absolute Gasteiger partial charge is 0.330 e. The van der Waals surface area contributed by atoms with Crippen LogP contribution >= 0.6 is 0 Å². The van der Waals surface area contributed by atoms with E-state index in [2.05, 4.69) is 12.2 Å². The summed E-state index contributed by atoms with van der Waals surface area (Å²) < 4.78 is 0. The maximum absolute atomic E-state index is 12.1. The average Bonchev–Trinajstić information content (AvgIpc) is 2.58. The van der Waals surface area contributed by atoms with Crippen LogP contribution in [0, 0.1) is 0 Å². The first-order valence-corrected chi connectivity index (χ1v) is 7.70. The molecule has 0 aliphatic heterocycles. The van der Waals surface area contributed by atoms with Gasteiger partial charge < -0.3 is 10.4 Å². The Bertz CT molecular complexity index is 640. The van der Waals surface area contributed by atoms with E-state index in [0.29, 0.717) is 18.4 Å². The van der Waals surface area contributed by atoms with Crippen LogP contribution in [0.2, 0.25) is 0 Å². The third kappa shape index (κ3) is 4.95. The Labute approximate surface area is 136 Å². The van der Waals surface area contributed by atoms with Crippen molar-refractivity contribution >= 4 is 11.9 Å². The number of carboxylic acids is 1. The van der Waals surface area contributed by atoms with Crippen LogP contribution in [0.5, 0.6) is 0 Å². The second-order valence-corrected chi connectivity index (χ2v) is 5.60. The molecule has 4 heteroatoms. The molecule has 0 bridgehead atoms. The zero-order chi connectivity index (χ0) is 16.7. The fourth-order valence-corrected chi connectivity index (χ4v) is 2.46. The number of aliphatic carboxylic acids is 1. The molecule has 0 saturated carbocycles. The fraction of sp³-hybridized carbons (Fsp3) is 0.263. The number of hydrogen-bond donors (Lipinski definition) is 2. The monoisotopic (exact) mass is 311 g/mol. The molecule has 0 radical (unpaired) electrons. The molecule has 0 spiro atoms. The van der Waals surface area contributed by atoms with Crippen molar-refractivity contribution in [3.63, 3.8) is 0 Å². The Morgan fingerprint density at radius 2 is 1.48 bits per heavy atom. The van der Waals surface area contributed by atoms with Gasteiger partial charge in [-0.2, -0.15) is 0 Å². The van der Waals surface area contributed by atoms with Gasteiger partial charge in [0.25, 0.3) is 0 Å². The molecule has 0 heterocycles. The van der Waals surface area contributed by atoms with Gasteiger partial charge in [-0.25, -0.2) is 4.79 Å². The Morgan fingerprint density at radius 1 is 0.957 bits per heavy atom. The van der Waals surface area contributed by atoms with Crippen molar-refractivity contribution in [3.8, 4) is 0 Å². The van der Waals surface area contributed by atoms with Crippen molar-refractivity contribution in [2.24, 2.45) is 0 Å². The highest BCUT2D eigenvalue weighted by Crippen LogP contribution is 2.20. The Kier molecular flexibility index (Phi) is 5.92. The summed E-state index contributed by atoms with van der Waals surface area (Å²) in [6.45, 7) is 2.06. The van der Waals surface area contributed by atoms with Crippen molar-refractivity contribution in [2.45, 2.75) is 31.7 Å². The summed E-state index contributed by atoms with van der Waals surface area (Å²) in [5, 5.41) is 11.9. The van der Waals surface area contributed by atoms with Crippen LogP contribution in [-0.4, -0.2) is 17.0 Å². The highest BCUT2D eigenvalue weighted by molar-refractivity contribution is 5.84. The lowest BCUT2D eigenvalue weighted by Gasteiger charge is -2.16. The first-order valence-electron chi connectivity index (χ1n) is 7.70. The van der Waals surface area contributed by atoms with Gasteiger partial charge in [0.1, 0.15) is 0 Å². The van der Waals surface area contributed by atoms with Gasteiger partial charge in [0.15, 0.2) is 6.04 Å². The van der Waals surface area contributed by atoms with E-state index in [0.717, 1.165) is 0 Å². The van der Waals surface area contributed by atoms with Gasteiger partial charge in [-0.3, -0.25) is 4.79 Å². The van der Waals surface area contributed by atoms with Gasteiger partial charge in [0.2, 0.25) is 5.91 Å². The van der Waals surface area contributed by atoms with E-state index in [4.69, 9.17) is 0 Å². The van der Waals surface area contributed by atoms with E-state index in [1.807, 2.05) is 36.4 Å². The van der Waals surface area contributed by atoms with E-state index in [-0.39, 0.29) is 11.8 Å². The van der Waals surface area contributed by atoms with Crippen molar-refractivity contribution in [1.82, 2.24) is 5.32 Å². The van der Waals surface area contributed by atoms with Crippen LogP contribution in [0.4, 0.5) is 0 Å². The van der Waals surface area contributed by atoms with Crippen LogP contribution < -0.4 is 5.32 Å². The fourth-order valence-electron chi connectivity index (χ4n) is 2.46. The third-order valence-electron chi connectivity index (χ3n) is 3.86. The summed E-state index contributed by atoms with van der Waals surface area (Å²) in [7, 11) is 0. The summed E-state index contributed by atoms with van der Waals surface area (Å²) in [5.41, 5.74) is 1.75. The van der Waals surface area contributed by atoms with Crippen molar-refractivity contribution in [2.75, 3.05) is 0 Å². The molecule has 2 aromatic carbocycles. The van der Waals surface area contributed by atoms with Gasteiger partial charge in [-0.1, -0.05) is 67.6 Å². The number of carboxylic acid groups (broad SMARTS) is 1. The van der Waals surface area contributed by atoms with E-state index < -0.39 is 12.0 Å². The van der Waals surface area contributed by atoms with Crippen LogP contribution in [0.25, 0.3) is 0 Å². The lowest BCUT2D eigenvalue weighted by Crippen LogP contribution is -2.33. The predicted molar refractivity (Wildman–Crippen MR) is 89.1 cm³/mol. The Hall–Kier alpha value is -2.62. The number of amides is 1. The summed E-state index contributed by atoms with van der Waals surface area (Å²) >= 11 is 0. The Balaban J connectivity index is 1.91. The molecule has 120 valence electrons. The van der Waals surface area contributed by atoms with Crippen LogP contribution in [0.3, 0.4) is 0 Å². The van der Waals surface area contributed by atoms with Crippen LogP contribution in [0.15, 0.2) is 60.7 Å². The Morgan fingerprint density at radius 3 is 2.00 bits per heavy atom. The van der Waals surface area contributed by atoms with E-state index in [9.17, 15) is 14.7 Å². The molecule has 2 N–H and O–H groups in total. The second-order valence-electron chi connectivity index (χ2n) is 5.60. The summed E-state index contributed by atoms with van der Waals surface area (Å²) in [5.74, 6) is -1.05. The molecular formula is C19H21NO3. The minimum absolute atomic E-state index is 0.246. The van der Waals surface area contributed by atoms with E-state index >= 15 is 0 Å². The molecule has 23 heavy (non-hydrogen) atoms. The van der Waals surface area contributed by atoms with Gasteiger partial charge in [0, 0.05) is 6.42 Å². The van der Waals surface area contributed by atoms with Gasteiger partial charge >= 0.3 is 5.97 Å². The first-order chi connectivity index (χ1) is 11.1. The van der Waals surface area contributed by atoms with E-state index in [1.54, 1.807) is 24.3 Å². The maximum atomic E-state index is 12.1. The van der Waals surface area contributed by atoms with Crippen LogP contribution in [0.1, 0.15) is 42.9 Å². The molecule has 0 aliphatic carbocycles. The number of carbonyl (C=O) groups excluding carboxylic acids is 1. The standard InChI is InChI=1S/C19H21NO3/c1-14(15-8-4-2-5-9-15)12-13-17(21)20-18(19(22)23)16-10-6-3-7-11-16/h2-11,14,18H,12-13H2,1H3,(H,20,21)(H,22,23). The summed E-state index contributed by atoms with van der Waals surface area (Å²) in [6, 6.07) is 17.7. The average molecular weight is 311 g/mol. The van der Waals surface area contributed by atoms with Gasteiger partial charge in [-0.15, -0.1) is 0 Å². The van der Waals surface area contributed by atoms with E-state index in [1.165, 1.54) is 5.56 Å². The maximum Gasteiger partial charge on any atom is 0.330 e. The molecule has 2 rings (SSSR count). The SMILES string of the molecule is CC(CCC(=O)NC(C(=O)O)c1ccccc1)c1ccccc1. The minimum Gasteiger partial charge on any atom is -0.479 e. The number of rotatable bonds is 7. The third-order valence-corrected chi connectivity index (χ3v) is 3.86. The molecule has 2 unspecified atom stereocenters. The van der Waals surface area contributed by atoms with Crippen molar-refractivity contribution in [1.29, 1.82) is 0 Å². The molecule has 4 nitrogen and oxygen atoms in total. The van der Waals surface area contributed by atoms with Gasteiger partial charge in [-0.05, 0) is 23.5 Å². The zero-order valence-corrected chi connectivity index (χ0v) is 13.1. The molecule has 2 atom stereocenters. The highest BCUT2D eigenvalue weighted by atomic mass is 16.4. The van der Waals surface area contributed by atoms with Crippen LogP contribution in [-0.2, 0) is 9.59 Å². The molecule has 0 fully saturated rings. The lowest BCUT2D eigenvalue weighted by molar-refractivity contribution is -0.142. The predicted octanol–water partition coefficient (Wildman–Crippen LogP) is 3.51. The number of nitrogens with one attached hydrogen (secondary N) is 1.